The largest absolute Gasteiger partial charge is 0.456 e. The van der Waals surface area contributed by atoms with Crippen molar-refractivity contribution >= 4 is 23.6 Å². The smallest absolute Gasteiger partial charge is 0.338 e. The summed E-state index contributed by atoms with van der Waals surface area (Å²) in [5, 5.41) is 62.1. The van der Waals surface area contributed by atoms with Gasteiger partial charge in [-0.05, 0) is 43.0 Å². The quantitative estimate of drug-likeness (QED) is 0.164. The zero-order valence-corrected chi connectivity index (χ0v) is 38.9. The number of benzene rings is 1. The van der Waals surface area contributed by atoms with E-state index in [2.05, 4.69) is 5.32 Å². The predicted molar refractivity (Wildman–Crippen MR) is 168 cm³/mol. The Labute approximate surface area is 363 Å². The Hall–Kier alpha value is -0.317. The SMILES string of the molecule is CC(=O)NC(C(C)C)C(O)C(=O)OC1CC2(O)C(OC(=O)c3ccccc3)C3[C@]4(O)COC4CC(O)[C@@]3(C)C(=O)C(O)C(=C1C)C2(C)C.[Ac].[Ac]. The summed E-state index contributed by atoms with van der Waals surface area (Å²) in [4.78, 5) is 53.6. The average Bonchev–Trinajstić information content (AvgIpc) is 3.01. The summed E-state index contributed by atoms with van der Waals surface area (Å²) in [5.41, 5.74) is -7.28. The summed E-state index contributed by atoms with van der Waals surface area (Å²) >= 11 is 0. The van der Waals surface area contributed by atoms with Crippen LogP contribution in [0.4, 0.5) is 0 Å². The van der Waals surface area contributed by atoms with Crippen molar-refractivity contribution in [2.75, 3.05) is 6.61 Å². The summed E-state index contributed by atoms with van der Waals surface area (Å²) in [7, 11) is 0. The number of rotatable bonds is 7. The van der Waals surface area contributed by atoms with E-state index in [4.69, 9.17) is 14.2 Å². The first-order valence-corrected chi connectivity index (χ1v) is 16.3. The van der Waals surface area contributed by atoms with E-state index in [1.54, 1.807) is 45.9 Å². The molecule has 0 spiro atoms. The van der Waals surface area contributed by atoms with Crippen molar-refractivity contribution in [2.45, 2.75) is 115 Å². The number of ketones is 1. The van der Waals surface area contributed by atoms with Crippen LogP contribution < -0.4 is 5.32 Å². The fourth-order valence-electron chi connectivity index (χ4n) is 8.58. The standard InChI is InChI=1S/C35H47NO12.2Ac/c1-16(2)24(36-18(4)37)26(40)31(43)47-20-14-35(45)29(48-30(42)19-11-9-8-10-12-19)27-33(7,21(38)13-22-34(27,44)15-46-22)28(41)25(39)23(17(20)3)32(35,5)6;;/h8-12,16,20-22,24-27,29,38-40,44-45H,13-15H2,1-7H3,(H,36,37);;/t20?,21?,22?,24?,25?,26?,27?,29?,33-,34+,35?;;/m1../s1. The van der Waals surface area contributed by atoms with Crippen molar-refractivity contribution in [1.29, 1.82) is 0 Å². The first kappa shape index (κ1) is 44.1. The number of aliphatic hydroxyl groups is 5. The molecule has 9 unspecified atom stereocenters. The maximum atomic E-state index is 14.5. The monoisotopic (exact) mass is 1130 g/mol. The van der Waals surface area contributed by atoms with Gasteiger partial charge in [0.25, 0.3) is 0 Å². The zero-order chi connectivity index (χ0) is 35.7. The van der Waals surface area contributed by atoms with Crippen molar-refractivity contribution in [3.63, 3.8) is 0 Å². The third-order valence-electron chi connectivity index (χ3n) is 11.5. The maximum absolute atomic E-state index is 14.5. The normalized spacial score (nSPS) is 36.8. The summed E-state index contributed by atoms with van der Waals surface area (Å²) in [5.74, 6) is -5.24. The van der Waals surface area contributed by atoms with Gasteiger partial charge >= 0.3 is 11.9 Å². The number of Topliss-reactive ketones (excluding diaryl/α,β-unsaturated/α-hetero) is 1. The Morgan fingerprint density at radius 1 is 1.02 bits per heavy atom. The maximum Gasteiger partial charge on any atom is 0.338 e. The number of ether oxygens (including phenoxy) is 3. The van der Waals surface area contributed by atoms with Crippen LogP contribution in [0.15, 0.2) is 41.5 Å². The van der Waals surface area contributed by atoms with Crippen molar-refractivity contribution in [1.82, 2.24) is 5.32 Å². The molecule has 13 nitrogen and oxygen atoms in total. The fourth-order valence-corrected chi connectivity index (χ4v) is 8.58. The van der Waals surface area contributed by atoms with Gasteiger partial charge in [0.05, 0.1) is 35.8 Å². The number of hydrogen-bond donors (Lipinski definition) is 6. The number of carbonyl (C=O) groups is 4. The van der Waals surface area contributed by atoms with Crippen LogP contribution in [0.3, 0.4) is 0 Å². The molecule has 3 fully saturated rings. The number of hydrogen-bond acceptors (Lipinski definition) is 12. The van der Waals surface area contributed by atoms with Gasteiger partial charge in [-0.1, -0.05) is 45.9 Å². The average molecular weight is 1130 g/mol. The third-order valence-corrected chi connectivity index (χ3v) is 11.5. The van der Waals surface area contributed by atoms with Crippen LogP contribution >= 0.6 is 0 Å². The molecule has 3 aliphatic carbocycles. The molecule has 11 atom stereocenters. The molecule has 1 saturated heterocycles. The van der Waals surface area contributed by atoms with Gasteiger partial charge in [-0.2, -0.15) is 0 Å². The minimum absolute atomic E-state index is 0. The molecule has 2 saturated carbocycles. The molecule has 6 N–H and O–H groups in total. The molecule has 1 amide bonds. The predicted octanol–water partition coefficient (Wildman–Crippen LogP) is 0.584. The molecular formula is C35H47Ac2NO12. The minimum Gasteiger partial charge on any atom is -0.456 e. The van der Waals surface area contributed by atoms with Gasteiger partial charge in [-0.3, -0.25) is 9.59 Å². The van der Waals surface area contributed by atoms with Crippen molar-refractivity contribution in [3.8, 4) is 0 Å². The first-order valence-electron chi connectivity index (χ1n) is 16.3. The fraction of sp³-hybridized carbons (Fsp3) is 0.657. The van der Waals surface area contributed by atoms with Gasteiger partial charge in [0, 0.05) is 119 Å². The minimum atomic E-state index is -2.25. The molecule has 1 heterocycles. The van der Waals surface area contributed by atoms with Crippen LogP contribution in [0.5, 0.6) is 0 Å². The molecular weight excluding hydrogens is 1080 g/mol. The Kier molecular flexibility index (Phi) is 13.9. The van der Waals surface area contributed by atoms with Gasteiger partial charge in [0.2, 0.25) is 5.91 Å². The number of amides is 1. The number of carbonyl (C=O) groups excluding carboxylic acids is 4. The molecule has 4 aliphatic rings. The molecule has 5 rings (SSSR count). The first-order chi connectivity index (χ1) is 22.2. The summed E-state index contributed by atoms with van der Waals surface area (Å²) in [6, 6.07) is 6.90. The number of esters is 2. The number of fused-ring (bicyclic) bond motifs is 5. The molecule has 50 heavy (non-hydrogen) atoms. The second-order valence-corrected chi connectivity index (χ2v) is 15.0. The van der Waals surface area contributed by atoms with Crippen molar-refractivity contribution in [2.24, 2.45) is 22.7 Å². The molecule has 1 aromatic carbocycles. The molecule has 270 valence electrons. The Morgan fingerprint density at radius 2 is 1.62 bits per heavy atom. The van der Waals surface area contributed by atoms with Gasteiger partial charge in [-0.15, -0.1) is 0 Å². The van der Waals surface area contributed by atoms with Crippen LogP contribution in [0, 0.1) is 111 Å². The topological polar surface area (TPSA) is 209 Å². The van der Waals surface area contributed by atoms with Crippen molar-refractivity contribution in [3.05, 3.63) is 47.0 Å². The third kappa shape index (κ3) is 7.02. The van der Waals surface area contributed by atoms with Crippen LogP contribution in [0.25, 0.3) is 0 Å². The van der Waals surface area contributed by atoms with E-state index in [-0.39, 0.29) is 124 Å². The zero-order valence-electron chi connectivity index (χ0n) is 29.5. The van der Waals surface area contributed by atoms with Gasteiger partial charge in [0.15, 0.2) is 11.9 Å². The molecule has 2 bridgehead atoms. The summed E-state index contributed by atoms with van der Waals surface area (Å²) < 4.78 is 17.6. The van der Waals surface area contributed by atoms with E-state index >= 15 is 0 Å². The van der Waals surface area contributed by atoms with Gasteiger partial charge in [-0.25, -0.2) is 9.59 Å². The number of aliphatic hydroxyl groups excluding tert-OH is 3. The van der Waals surface area contributed by atoms with E-state index in [9.17, 15) is 44.7 Å². The van der Waals surface area contributed by atoms with Crippen molar-refractivity contribution < 1.29 is 147 Å². The van der Waals surface area contributed by atoms with Crippen LogP contribution in [-0.2, 0) is 28.6 Å². The Bertz CT molecular complexity index is 1520. The van der Waals surface area contributed by atoms with Crippen LogP contribution in [-0.4, -0.2) is 110 Å². The summed E-state index contributed by atoms with van der Waals surface area (Å²) in [6.07, 6.45) is -9.85. The van der Waals surface area contributed by atoms with E-state index in [0.717, 1.165) is 0 Å². The van der Waals surface area contributed by atoms with E-state index in [1.165, 1.54) is 32.9 Å². The van der Waals surface area contributed by atoms with E-state index < -0.39 is 101 Å². The molecule has 0 aromatic heterocycles. The Balaban J connectivity index is 0.00000338. The molecule has 1 aromatic rings. The molecule has 2 radical (unpaired) electrons. The Morgan fingerprint density at radius 3 is 2.14 bits per heavy atom. The second-order valence-electron chi connectivity index (χ2n) is 15.0. The number of nitrogens with one attached hydrogen (secondary N) is 1. The second kappa shape index (κ2) is 15.8. The van der Waals surface area contributed by atoms with E-state index in [0.29, 0.717) is 0 Å². The van der Waals surface area contributed by atoms with Gasteiger partial charge < -0.3 is 45.1 Å². The van der Waals surface area contributed by atoms with Gasteiger partial charge in [0.1, 0.15) is 29.5 Å². The van der Waals surface area contributed by atoms with Crippen LogP contribution in [0.1, 0.15) is 71.7 Å². The van der Waals surface area contributed by atoms with Crippen LogP contribution in [0.2, 0.25) is 0 Å². The van der Waals surface area contributed by atoms with E-state index in [1.807, 2.05) is 0 Å². The summed E-state index contributed by atoms with van der Waals surface area (Å²) in [6.45, 7) is 10.4. The molecule has 1 aliphatic heterocycles. The molecule has 15 heteroatoms.